The van der Waals surface area contributed by atoms with E-state index in [4.69, 9.17) is 0 Å². The lowest BCUT2D eigenvalue weighted by molar-refractivity contribution is -0.121. The highest BCUT2D eigenvalue weighted by Crippen LogP contribution is 2.32. The van der Waals surface area contributed by atoms with E-state index in [1.807, 2.05) is 0 Å². The maximum atomic E-state index is 11.6. The number of likely N-dealkylation sites (N-methyl/N-ethyl adjacent to an activating group) is 1. The number of hydrogen-bond donors (Lipinski definition) is 1. The minimum atomic E-state index is -0.335. The lowest BCUT2D eigenvalue weighted by Gasteiger charge is -2.01. The Hall–Kier alpha value is -1.75. The number of nitrogens with zero attached hydrogens (tertiary/aromatic N) is 1. The molecule has 82 valence electrons. The fourth-order valence-electron chi connectivity index (χ4n) is 1.30. The molecule has 1 aromatic carbocycles. The van der Waals surface area contributed by atoms with Crippen molar-refractivity contribution in [3.63, 3.8) is 0 Å². The van der Waals surface area contributed by atoms with E-state index in [9.17, 15) is 14.7 Å². The number of phenols is 1. The van der Waals surface area contributed by atoms with Crippen LogP contribution in [0.2, 0.25) is 0 Å². The Morgan fingerprint density at radius 2 is 2.00 bits per heavy atom. The van der Waals surface area contributed by atoms with Gasteiger partial charge >= 0.3 is 0 Å². The Bertz CT molecular complexity index is 496. The zero-order chi connectivity index (χ0) is 11.7. The molecule has 1 aliphatic rings. The summed E-state index contributed by atoms with van der Waals surface area (Å²) in [5.41, 5.74) is 0.529. The summed E-state index contributed by atoms with van der Waals surface area (Å²) in [6.45, 7) is 0. The second-order valence-corrected chi connectivity index (χ2v) is 4.29. The second kappa shape index (κ2) is 4.02. The fourth-order valence-corrected chi connectivity index (χ4v) is 2.11. The van der Waals surface area contributed by atoms with Crippen molar-refractivity contribution in [2.24, 2.45) is 0 Å². The maximum absolute atomic E-state index is 11.6. The van der Waals surface area contributed by atoms with Gasteiger partial charge < -0.3 is 5.11 Å². The molecule has 0 unspecified atom stereocenters. The van der Waals surface area contributed by atoms with Gasteiger partial charge in [-0.05, 0) is 23.9 Å². The molecule has 5 heteroatoms. The van der Waals surface area contributed by atoms with Gasteiger partial charge in [-0.25, -0.2) is 0 Å². The van der Waals surface area contributed by atoms with Crippen molar-refractivity contribution in [2.45, 2.75) is 0 Å². The maximum Gasteiger partial charge on any atom is 0.293 e. The highest BCUT2D eigenvalue weighted by Gasteiger charge is 2.31. The van der Waals surface area contributed by atoms with Crippen LogP contribution in [0.5, 0.6) is 5.75 Å². The normalized spacial score (nSPS) is 18.6. The average Bonchev–Trinajstić information content (AvgIpc) is 2.50. The molecule has 4 nitrogen and oxygen atoms in total. The molecule has 2 amide bonds. The molecule has 1 fully saturated rings. The van der Waals surface area contributed by atoms with Gasteiger partial charge in [0.25, 0.3) is 11.1 Å². The van der Waals surface area contributed by atoms with E-state index in [2.05, 4.69) is 0 Å². The number of para-hydroxylation sites is 1. The molecule has 0 aliphatic carbocycles. The SMILES string of the molecule is CN1C(=O)S/C(=C/c2ccccc2O)C1=O. The van der Waals surface area contributed by atoms with Crippen LogP contribution in [0.3, 0.4) is 0 Å². The second-order valence-electron chi connectivity index (χ2n) is 3.30. The molecule has 1 saturated heterocycles. The average molecular weight is 235 g/mol. The molecule has 1 heterocycles. The molecule has 1 N–H and O–H groups in total. The Morgan fingerprint density at radius 3 is 2.56 bits per heavy atom. The predicted molar refractivity (Wildman–Crippen MR) is 61.8 cm³/mol. The topological polar surface area (TPSA) is 57.6 Å². The minimum absolute atomic E-state index is 0.0883. The van der Waals surface area contributed by atoms with E-state index >= 15 is 0 Å². The lowest BCUT2D eigenvalue weighted by Crippen LogP contribution is -2.22. The van der Waals surface area contributed by atoms with Crippen LogP contribution >= 0.6 is 11.8 Å². The van der Waals surface area contributed by atoms with Gasteiger partial charge in [0.2, 0.25) is 0 Å². The molecule has 0 atom stereocenters. The smallest absolute Gasteiger partial charge is 0.293 e. The molecule has 0 spiro atoms. The van der Waals surface area contributed by atoms with Crippen LogP contribution in [-0.4, -0.2) is 28.2 Å². The third-order valence-corrected chi connectivity index (χ3v) is 3.17. The molecule has 0 bridgehead atoms. The Labute approximate surface area is 96.6 Å². The first-order valence-corrected chi connectivity index (χ1v) is 5.41. The van der Waals surface area contributed by atoms with E-state index in [-0.39, 0.29) is 16.9 Å². The summed E-state index contributed by atoms with van der Waals surface area (Å²) in [7, 11) is 1.43. The number of hydrogen-bond acceptors (Lipinski definition) is 4. The minimum Gasteiger partial charge on any atom is -0.507 e. The predicted octanol–water partition coefficient (Wildman–Crippen LogP) is 2.06. The molecule has 16 heavy (non-hydrogen) atoms. The Balaban J connectivity index is 2.37. The van der Waals surface area contributed by atoms with Crippen molar-refractivity contribution in [3.05, 3.63) is 34.7 Å². The Morgan fingerprint density at radius 1 is 1.31 bits per heavy atom. The van der Waals surface area contributed by atoms with Gasteiger partial charge in [0.1, 0.15) is 5.75 Å². The van der Waals surface area contributed by atoms with Gasteiger partial charge in [-0.3, -0.25) is 14.5 Å². The number of phenolic OH excluding ortho intramolecular Hbond substituents is 1. The van der Waals surface area contributed by atoms with Crippen molar-refractivity contribution in [3.8, 4) is 5.75 Å². The van der Waals surface area contributed by atoms with E-state index in [1.54, 1.807) is 18.2 Å². The van der Waals surface area contributed by atoms with E-state index in [0.29, 0.717) is 10.5 Å². The van der Waals surface area contributed by atoms with Crippen LogP contribution in [0.25, 0.3) is 6.08 Å². The van der Waals surface area contributed by atoms with Crippen LogP contribution in [-0.2, 0) is 4.79 Å². The number of benzene rings is 1. The summed E-state index contributed by atoms with van der Waals surface area (Å²) in [5.74, 6) is -0.247. The monoisotopic (exact) mass is 235 g/mol. The third kappa shape index (κ3) is 1.81. The van der Waals surface area contributed by atoms with Crippen LogP contribution in [0.4, 0.5) is 4.79 Å². The quantitative estimate of drug-likeness (QED) is 0.757. The first kappa shape index (κ1) is 10.8. The van der Waals surface area contributed by atoms with Gasteiger partial charge in [-0.1, -0.05) is 18.2 Å². The fraction of sp³-hybridized carbons (Fsp3) is 0.0909. The van der Waals surface area contributed by atoms with Crippen molar-refractivity contribution >= 4 is 29.0 Å². The summed E-state index contributed by atoms with van der Waals surface area (Å²) < 4.78 is 0. The van der Waals surface area contributed by atoms with E-state index in [0.717, 1.165) is 16.7 Å². The number of aromatic hydroxyl groups is 1. The van der Waals surface area contributed by atoms with Gasteiger partial charge in [0.15, 0.2) is 0 Å². The van der Waals surface area contributed by atoms with Crippen molar-refractivity contribution < 1.29 is 14.7 Å². The molecule has 2 rings (SSSR count). The molecule has 1 aliphatic heterocycles. The summed E-state index contributed by atoms with van der Waals surface area (Å²) in [5, 5.41) is 9.23. The highest BCUT2D eigenvalue weighted by atomic mass is 32.2. The lowest BCUT2D eigenvalue weighted by atomic mass is 10.2. The standard InChI is InChI=1S/C11H9NO3S/c1-12-10(14)9(16-11(12)15)6-7-4-2-3-5-8(7)13/h2-6,13H,1H3/b9-6+. The van der Waals surface area contributed by atoms with Crippen LogP contribution in [0, 0.1) is 0 Å². The van der Waals surface area contributed by atoms with Gasteiger partial charge in [0.05, 0.1) is 4.91 Å². The number of thioether (sulfide) groups is 1. The van der Waals surface area contributed by atoms with Crippen LogP contribution < -0.4 is 0 Å². The first-order valence-electron chi connectivity index (χ1n) is 4.59. The number of amides is 2. The molecule has 0 radical (unpaired) electrons. The number of rotatable bonds is 1. The van der Waals surface area contributed by atoms with Gasteiger partial charge in [0, 0.05) is 12.6 Å². The molecule has 0 saturated carbocycles. The zero-order valence-electron chi connectivity index (χ0n) is 8.51. The zero-order valence-corrected chi connectivity index (χ0v) is 9.32. The van der Waals surface area contributed by atoms with Crippen LogP contribution in [0.15, 0.2) is 29.2 Å². The van der Waals surface area contributed by atoms with Crippen molar-refractivity contribution in [2.75, 3.05) is 7.05 Å². The highest BCUT2D eigenvalue weighted by molar-refractivity contribution is 8.18. The van der Waals surface area contributed by atoms with Gasteiger partial charge in [-0.2, -0.15) is 0 Å². The number of carbonyl (C=O) groups excluding carboxylic acids is 2. The molecule has 1 aromatic rings. The molecular formula is C11H9NO3S. The largest absolute Gasteiger partial charge is 0.507 e. The molecular weight excluding hydrogens is 226 g/mol. The first-order chi connectivity index (χ1) is 7.59. The van der Waals surface area contributed by atoms with E-state index in [1.165, 1.54) is 19.2 Å². The van der Waals surface area contributed by atoms with Crippen LogP contribution in [0.1, 0.15) is 5.56 Å². The third-order valence-electron chi connectivity index (χ3n) is 2.21. The summed E-state index contributed by atoms with van der Waals surface area (Å²) in [6, 6.07) is 6.65. The summed E-state index contributed by atoms with van der Waals surface area (Å²) in [4.78, 5) is 24.2. The van der Waals surface area contributed by atoms with Crippen molar-refractivity contribution in [1.29, 1.82) is 0 Å². The number of carbonyl (C=O) groups is 2. The Kier molecular flexibility index (Phi) is 2.70. The molecule has 0 aromatic heterocycles. The number of imide groups is 1. The van der Waals surface area contributed by atoms with E-state index < -0.39 is 0 Å². The van der Waals surface area contributed by atoms with Crippen molar-refractivity contribution in [1.82, 2.24) is 4.90 Å². The van der Waals surface area contributed by atoms with Gasteiger partial charge in [-0.15, -0.1) is 0 Å². The summed E-state index contributed by atoms with van der Waals surface area (Å²) >= 11 is 0.873. The summed E-state index contributed by atoms with van der Waals surface area (Å²) in [6.07, 6.45) is 1.52.